The first kappa shape index (κ1) is 23.0. The van der Waals surface area contributed by atoms with Gasteiger partial charge in [-0.3, -0.25) is 0 Å². The van der Waals surface area contributed by atoms with Crippen molar-refractivity contribution in [1.82, 2.24) is 19.5 Å². The zero-order chi connectivity index (χ0) is 22.7. The van der Waals surface area contributed by atoms with Crippen molar-refractivity contribution in [2.75, 3.05) is 20.3 Å². The molecule has 0 atom stereocenters. The number of benzene rings is 1. The van der Waals surface area contributed by atoms with Crippen LogP contribution >= 0.6 is 27.5 Å². The van der Waals surface area contributed by atoms with Gasteiger partial charge in [-0.05, 0) is 58.8 Å². The molecule has 2 aromatic heterocycles. The number of hydrogen-bond acceptors (Lipinski definition) is 6. The Morgan fingerprint density at radius 1 is 1.16 bits per heavy atom. The average Bonchev–Trinajstić information content (AvgIpc) is 3.09. The summed E-state index contributed by atoms with van der Waals surface area (Å²) in [5, 5.41) is 10.0. The van der Waals surface area contributed by atoms with E-state index in [1.165, 1.54) is 25.7 Å². The number of aromatic nitrogens is 4. The molecule has 7 nitrogen and oxygen atoms in total. The van der Waals surface area contributed by atoms with Gasteiger partial charge in [-0.15, -0.1) is 0 Å². The second-order valence-corrected chi connectivity index (χ2v) is 9.46. The van der Waals surface area contributed by atoms with Gasteiger partial charge in [0.25, 0.3) is 0 Å². The summed E-state index contributed by atoms with van der Waals surface area (Å²) in [4.78, 5) is 13.5. The van der Waals surface area contributed by atoms with Crippen LogP contribution in [0.15, 0.2) is 22.9 Å². The van der Waals surface area contributed by atoms with Crippen LogP contribution in [0.4, 0.5) is 0 Å². The molecule has 0 radical (unpaired) electrons. The third kappa shape index (κ3) is 5.06. The van der Waals surface area contributed by atoms with E-state index in [0.717, 1.165) is 23.5 Å². The SMILES string of the molecule is COCCOc1cc(Cl)cc(-c2nc(C#N)nc3nc(Br)n(C[C@H]4CC[C@H](C)CC4)c23)c1. The molecular formula is C23H25BrClN5O2. The lowest BCUT2D eigenvalue weighted by atomic mass is 9.83. The summed E-state index contributed by atoms with van der Waals surface area (Å²) in [6, 6.07) is 7.49. The van der Waals surface area contributed by atoms with Crippen molar-refractivity contribution < 1.29 is 9.47 Å². The smallest absolute Gasteiger partial charge is 0.234 e. The van der Waals surface area contributed by atoms with Gasteiger partial charge >= 0.3 is 0 Å². The first-order chi connectivity index (χ1) is 15.5. The Kier molecular flexibility index (Phi) is 7.29. The molecule has 1 aliphatic carbocycles. The van der Waals surface area contributed by atoms with Crippen LogP contribution in [0.25, 0.3) is 22.4 Å². The van der Waals surface area contributed by atoms with Crippen molar-refractivity contribution in [3.8, 4) is 23.1 Å². The zero-order valence-corrected chi connectivity index (χ0v) is 20.5. The van der Waals surface area contributed by atoms with E-state index in [-0.39, 0.29) is 5.82 Å². The average molecular weight is 519 g/mol. The largest absolute Gasteiger partial charge is 0.491 e. The standard InChI is InChI=1S/C23H25BrClN5O2/c1-14-3-5-15(6-4-14)13-30-21-20(27-19(12-26)28-22(21)29-23(30)24)16-9-17(25)11-18(10-16)32-8-7-31-2/h9-11,14-15H,3-8,13H2,1-2H3/t14-,15-. The van der Waals surface area contributed by atoms with Crippen molar-refractivity contribution in [3.63, 3.8) is 0 Å². The van der Waals surface area contributed by atoms with Gasteiger partial charge in [-0.2, -0.15) is 10.2 Å². The van der Waals surface area contributed by atoms with Gasteiger partial charge in [0.1, 0.15) is 29.6 Å². The number of halogens is 2. The van der Waals surface area contributed by atoms with Gasteiger partial charge < -0.3 is 14.0 Å². The number of fused-ring (bicyclic) bond motifs is 1. The van der Waals surface area contributed by atoms with Gasteiger partial charge in [0.05, 0.1) is 6.61 Å². The number of imidazole rings is 1. The number of nitriles is 1. The van der Waals surface area contributed by atoms with Gasteiger partial charge in [-0.1, -0.05) is 31.4 Å². The van der Waals surface area contributed by atoms with Crippen molar-refractivity contribution in [1.29, 1.82) is 5.26 Å². The van der Waals surface area contributed by atoms with Crippen LogP contribution in [0.3, 0.4) is 0 Å². The van der Waals surface area contributed by atoms with Crippen LogP contribution in [-0.2, 0) is 11.3 Å². The van der Waals surface area contributed by atoms with E-state index in [9.17, 15) is 5.26 Å². The van der Waals surface area contributed by atoms with Crippen LogP contribution in [0.1, 0.15) is 38.4 Å². The lowest BCUT2D eigenvalue weighted by Gasteiger charge is -2.26. The predicted octanol–water partition coefficient (Wildman–Crippen LogP) is 5.63. The number of rotatable bonds is 7. The molecule has 0 saturated heterocycles. The van der Waals surface area contributed by atoms with Crippen LogP contribution in [-0.4, -0.2) is 39.8 Å². The third-order valence-electron chi connectivity index (χ3n) is 5.93. The first-order valence-corrected chi connectivity index (χ1v) is 11.9. The summed E-state index contributed by atoms with van der Waals surface area (Å²) in [6.07, 6.45) is 4.86. The maximum absolute atomic E-state index is 9.50. The van der Waals surface area contributed by atoms with Crippen LogP contribution in [0.5, 0.6) is 5.75 Å². The first-order valence-electron chi connectivity index (χ1n) is 10.7. The molecule has 4 rings (SSSR count). The molecule has 0 unspecified atom stereocenters. The van der Waals surface area contributed by atoms with E-state index in [1.54, 1.807) is 13.2 Å². The molecule has 32 heavy (non-hydrogen) atoms. The topological polar surface area (TPSA) is 85.8 Å². The monoisotopic (exact) mass is 517 g/mol. The van der Waals surface area contributed by atoms with Crippen LogP contribution in [0, 0.1) is 23.2 Å². The summed E-state index contributed by atoms with van der Waals surface area (Å²) in [5.41, 5.74) is 2.65. The van der Waals surface area contributed by atoms with E-state index in [0.29, 0.717) is 46.0 Å². The summed E-state index contributed by atoms with van der Waals surface area (Å²) < 4.78 is 13.7. The molecule has 3 aromatic rings. The lowest BCUT2D eigenvalue weighted by molar-refractivity contribution is 0.146. The van der Waals surface area contributed by atoms with Crippen molar-refractivity contribution >= 4 is 38.7 Å². The number of ether oxygens (including phenoxy) is 2. The minimum absolute atomic E-state index is 0.0676. The molecule has 0 aliphatic heterocycles. The van der Waals surface area contributed by atoms with E-state index >= 15 is 0 Å². The second-order valence-electron chi connectivity index (χ2n) is 8.31. The van der Waals surface area contributed by atoms with E-state index < -0.39 is 0 Å². The van der Waals surface area contributed by atoms with Crippen molar-refractivity contribution in [2.45, 2.75) is 39.2 Å². The molecule has 1 saturated carbocycles. The lowest BCUT2D eigenvalue weighted by Crippen LogP contribution is -2.18. The molecule has 2 heterocycles. The summed E-state index contributed by atoms with van der Waals surface area (Å²) in [5.74, 6) is 2.03. The van der Waals surface area contributed by atoms with E-state index in [2.05, 4.69) is 42.4 Å². The highest BCUT2D eigenvalue weighted by Gasteiger charge is 2.24. The Hall–Kier alpha value is -2.21. The van der Waals surface area contributed by atoms with Gasteiger partial charge in [0.15, 0.2) is 10.4 Å². The summed E-state index contributed by atoms with van der Waals surface area (Å²) in [7, 11) is 1.62. The van der Waals surface area contributed by atoms with E-state index in [1.807, 2.05) is 18.2 Å². The van der Waals surface area contributed by atoms with Crippen LogP contribution in [0.2, 0.25) is 5.02 Å². The number of hydrogen-bond donors (Lipinski definition) is 0. The third-order valence-corrected chi connectivity index (χ3v) is 6.76. The molecule has 1 aromatic carbocycles. The highest BCUT2D eigenvalue weighted by atomic mass is 79.9. The Morgan fingerprint density at radius 2 is 1.94 bits per heavy atom. The van der Waals surface area contributed by atoms with Gasteiger partial charge in [0, 0.05) is 24.2 Å². The molecule has 0 spiro atoms. The zero-order valence-electron chi connectivity index (χ0n) is 18.1. The normalized spacial score (nSPS) is 18.6. The number of nitrogens with zero attached hydrogens (tertiary/aromatic N) is 5. The minimum Gasteiger partial charge on any atom is -0.491 e. The van der Waals surface area contributed by atoms with Crippen molar-refractivity contribution in [2.24, 2.45) is 11.8 Å². The van der Waals surface area contributed by atoms with Crippen molar-refractivity contribution in [3.05, 3.63) is 33.8 Å². The minimum atomic E-state index is 0.0676. The van der Waals surface area contributed by atoms with Crippen LogP contribution < -0.4 is 4.74 Å². The second kappa shape index (κ2) is 10.2. The fraction of sp³-hybridized carbons (Fsp3) is 0.478. The fourth-order valence-electron chi connectivity index (χ4n) is 4.22. The molecule has 168 valence electrons. The Bertz CT molecular complexity index is 1150. The maximum atomic E-state index is 9.50. The highest BCUT2D eigenvalue weighted by Crippen LogP contribution is 2.35. The molecule has 1 aliphatic rings. The maximum Gasteiger partial charge on any atom is 0.234 e. The molecule has 1 fully saturated rings. The molecule has 0 bridgehead atoms. The Labute approximate surface area is 200 Å². The van der Waals surface area contributed by atoms with E-state index in [4.69, 9.17) is 21.1 Å². The van der Waals surface area contributed by atoms with Gasteiger partial charge in [0.2, 0.25) is 5.82 Å². The summed E-state index contributed by atoms with van der Waals surface area (Å²) in [6.45, 7) is 4.02. The fourth-order valence-corrected chi connectivity index (χ4v) is 4.94. The Balaban J connectivity index is 1.79. The predicted molar refractivity (Wildman–Crippen MR) is 127 cm³/mol. The molecule has 0 N–H and O–H groups in total. The highest BCUT2D eigenvalue weighted by molar-refractivity contribution is 9.10. The molecule has 0 amide bonds. The number of methoxy groups -OCH3 is 1. The molecule has 9 heteroatoms. The quantitative estimate of drug-likeness (QED) is 0.297. The Morgan fingerprint density at radius 3 is 2.66 bits per heavy atom. The molecular weight excluding hydrogens is 494 g/mol. The van der Waals surface area contributed by atoms with Gasteiger partial charge in [-0.25, -0.2) is 9.97 Å². The summed E-state index contributed by atoms with van der Waals surface area (Å²) >= 11 is 10.0.